The van der Waals surface area contributed by atoms with Crippen LogP contribution >= 0.6 is 0 Å². The first-order valence-electron chi connectivity index (χ1n) is 4.64. The van der Waals surface area contributed by atoms with Crippen LogP contribution in [0.2, 0.25) is 0 Å². The van der Waals surface area contributed by atoms with Crippen molar-refractivity contribution in [3.63, 3.8) is 0 Å². The maximum absolute atomic E-state index is 11.7. The van der Waals surface area contributed by atoms with Crippen molar-refractivity contribution >= 4 is 6.09 Å². The number of carbonyl (C=O) groups is 1. The normalized spacial score (nSPS) is 12.4. The summed E-state index contributed by atoms with van der Waals surface area (Å²) in [6, 6.07) is 0. The molecule has 3 nitrogen and oxygen atoms in total. The van der Waals surface area contributed by atoms with Crippen LogP contribution in [0.1, 0.15) is 33.6 Å². The fourth-order valence-corrected chi connectivity index (χ4v) is 0.793. The average molecular weight is 227 g/mol. The second-order valence-corrected chi connectivity index (χ2v) is 4.15. The van der Waals surface area contributed by atoms with Gasteiger partial charge >= 0.3 is 12.3 Å². The summed E-state index contributed by atoms with van der Waals surface area (Å²) in [6.45, 7) is 5.02. The first-order chi connectivity index (χ1) is 6.60. The molecule has 15 heavy (non-hydrogen) atoms. The van der Waals surface area contributed by atoms with Gasteiger partial charge in [-0.05, 0) is 27.2 Å². The van der Waals surface area contributed by atoms with Crippen molar-refractivity contribution in [2.45, 2.75) is 45.4 Å². The molecule has 90 valence electrons. The highest BCUT2D eigenvalue weighted by Crippen LogP contribution is 2.20. The van der Waals surface area contributed by atoms with E-state index in [-0.39, 0.29) is 13.0 Å². The zero-order valence-corrected chi connectivity index (χ0v) is 9.07. The highest BCUT2D eigenvalue weighted by molar-refractivity contribution is 5.67. The van der Waals surface area contributed by atoms with Gasteiger partial charge in [-0.3, -0.25) is 0 Å². The van der Waals surface area contributed by atoms with Gasteiger partial charge in [-0.15, -0.1) is 0 Å². The van der Waals surface area contributed by atoms with Gasteiger partial charge in [0.05, 0.1) is 0 Å². The van der Waals surface area contributed by atoms with E-state index in [1.54, 1.807) is 20.8 Å². The van der Waals surface area contributed by atoms with Crippen LogP contribution in [0.3, 0.4) is 0 Å². The van der Waals surface area contributed by atoms with E-state index in [4.69, 9.17) is 4.74 Å². The van der Waals surface area contributed by atoms with E-state index in [2.05, 4.69) is 5.32 Å². The molecule has 0 saturated carbocycles. The van der Waals surface area contributed by atoms with Gasteiger partial charge in [0.2, 0.25) is 0 Å². The van der Waals surface area contributed by atoms with E-state index in [9.17, 15) is 18.0 Å². The third kappa shape index (κ3) is 11.0. The fourth-order valence-electron chi connectivity index (χ4n) is 0.793. The van der Waals surface area contributed by atoms with Gasteiger partial charge in [-0.25, -0.2) is 4.79 Å². The quantitative estimate of drug-likeness (QED) is 0.753. The number of nitrogens with one attached hydrogen (secondary N) is 1. The Morgan fingerprint density at radius 2 is 1.80 bits per heavy atom. The van der Waals surface area contributed by atoms with Crippen molar-refractivity contribution in [1.29, 1.82) is 0 Å². The monoisotopic (exact) mass is 227 g/mol. The predicted octanol–water partition coefficient (Wildman–Crippen LogP) is 2.85. The number of hydrogen-bond donors (Lipinski definition) is 1. The van der Waals surface area contributed by atoms with Gasteiger partial charge in [0, 0.05) is 13.0 Å². The Bertz CT molecular complexity index is 208. The van der Waals surface area contributed by atoms with Crippen LogP contribution < -0.4 is 5.32 Å². The molecule has 0 aromatic rings. The molecule has 0 atom stereocenters. The fraction of sp³-hybridized carbons (Fsp3) is 0.889. The number of halogens is 3. The summed E-state index contributed by atoms with van der Waals surface area (Å²) in [7, 11) is 0. The smallest absolute Gasteiger partial charge is 0.407 e. The molecule has 0 aliphatic carbocycles. The number of ether oxygens (including phenoxy) is 1. The summed E-state index contributed by atoms with van der Waals surface area (Å²) < 4.78 is 40.0. The minimum atomic E-state index is -4.17. The summed E-state index contributed by atoms with van der Waals surface area (Å²) in [4.78, 5) is 11.0. The number of rotatable bonds is 3. The number of alkyl carbamates (subject to hydrolysis) is 1. The lowest BCUT2D eigenvalue weighted by Gasteiger charge is -2.19. The van der Waals surface area contributed by atoms with Crippen LogP contribution in [0, 0.1) is 0 Å². The third-order valence-electron chi connectivity index (χ3n) is 1.31. The Kier molecular flexibility index (Phi) is 4.90. The van der Waals surface area contributed by atoms with Crippen molar-refractivity contribution in [2.24, 2.45) is 0 Å². The van der Waals surface area contributed by atoms with E-state index in [0.717, 1.165) is 0 Å². The molecule has 0 unspecified atom stereocenters. The van der Waals surface area contributed by atoms with Gasteiger partial charge in [0.1, 0.15) is 5.60 Å². The Balaban J connectivity index is 3.57. The molecule has 0 aliphatic rings. The average Bonchev–Trinajstić information content (AvgIpc) is 1.92. The summed E-state index contributed by atoms with van der Waals surface area (Å²) in [5, 5.41) is 2.25. The maximum atomic E-state index is 11.7. The minimum Gasteiger partial charge on any atom is -0.444 e. The predicted molar refractivity (Wildman–Crippen MR) is 49.5 cm³/mol. The molecule has 0 spiro atoms. The molecular formula is C9H16F3NO2. The number of alkyl halides is 3. The molecule has 0 rings (SSSR count). The van der Waals surface area contributed by atoms with Crippen molar-refractivity contribution in [3.05, 3.63) is 0 Å². The Hall–Kier alpha value is -0.940. The second kappa shape index (κ2) is 5.23. The van der Waals surface area contributed by atoms with Crippen LogP contribution in [0.15, 0.2) is 0 Å². The molecule has 1 N–H and O–H groups in total. The molecule has 1 amide bonds. The van der Waals surface area contributed by atoms with Crippen LogP contribution in [0.4, 0.5) is 18.0 Å². The summed E-state index contributed by atoms with van der Waals surface area (Å²) in [6.07, 6.45) is -5.90. The number of carbonyl (C=O) groups excluding carboxylic acids is 1. The van der Waals surface area contributed by atoms with Gasteiger partial charge in [0.15, 0.2) is 0 Å². The van der Waals surface area contributed by atoms with Crippen molar-refractivity contribution < 1.29 is 22.7 Å². The highest BCUT2D eigenvalue weighted by Gasteiger charge is 2.26. The number of amides is 1. The zero-order valence-electron chi connectivity index (χ0n) is 9.07. The van der Waals surface area contributed by atoms with Crippen molar-refractivity contribution in [1.82, 2.24) is 5.32 Å². The molecule has 0 aliphatic heterocycles. The summed E-state index contributed by atoms with van der Waals surface area (Å²) in [5.41, 5.74) is -0.631. The van der Waals surface area contributed by atoms with Crippen LogP contribution in [-0.4, -0.2) is 24.4 Å². The topological polar surface area (TPSA) is 38.3 Å². The Morgan fingerprint density at radius 1 is 1.27 bits per heavy atom. The largest absolute Gasteiger partial charge is 0.444 e. The Morgan fingerprint density at radius 3 is 2.20 bits per heavy atom. The third-order valence-corrected chi connectivity index (χ3v) is 1.31. The van der Waals surface area contributed by atoms with Gasteiger partial charge < -0.3 is 10.1 Å². The molecule has 0 aromatic heterocycles. The lowest BCUT2D eigenvalue weighted by atomic mass is 10.2. The molecule has 0 heterocycles. The van der Waals surface area contributed by atoms with Crippen molar-refractivity contribution in [3.8, 4) is 0 Å². The standard InChI is InChI=1S/C9H16F3NO2/c1-8(2,3)15-7(14)13-6-4-5-9(10,11)12/h4-6H2,1-3H3,(H,13,14). The second-order valence-electron chi connectivity index (χ2n) is 4.15. The van der Waals surface area contributed by atoms with E-state index in [1.165, 1.54) is 0 Å². The van der Waals surface area contributed by atoms with Crippen LogP contribution in [0.5, 0.6) is 0 Å². The first kappa shape index (κ1) is 14.1. The number of hydrogen-bond acceptors (Lipinski definition) is 2. The van der Waals surface area contributed by atoms with E-state index in [0.29, 0.717) is 0 Å². The van der Waals surface area contributed by atoms with E-state index >= 15 is 0 Å². The Labute approximate surface area is 87.0 Å². The minimum absolute atomic E-state index is 0.0333. The van der Waals surface area contributed by atoms with Gasteiger partial charge in [0.25, 0.3) is 0 Å². The van der Waals surface area contributed by atoms with Gasteiger partial charge in [-0.2, -0.15) is 13.2 Å². The molecule has 0 radical (unpaired) electrons. The van der Waals surface area contributed by atoms with Crippen LogP contribution in [0.25, 0.3) is 0 Å². The van der Waals surface area contributed by atoms with Gasteiger partial charge in [-0.1, -0.05) is 0 Å². The summed E-state index contributed by atoms with van der Waals surface area (Å²) in [5.74, 6) is 0. The highest BCUT2D eigenvalue weighted by atomic mass is 19.4. The van der Waals surface area contributed by atoms with Crippen LogP contribution in [-0.2, 0) is 4.74 Å². The first-order valence-corrected chi connectivity index (χ1v) is 4.64. The molecule has 6 heteroatoms. The molecule has 0 saturated heterocycles. The SMILES string of the molecule is CC(C)(C)OC(=O)NCCCC(F)(F)F. The van der Waals surface area contributed by atoms with E-state index in [1.807, 2.05) is 0 Å². The maximum Gasteiger partial charge on any atom is 0.407 e. The molecule has 0 bridgehead atoms. The molecule has 0 fully saturated rings. The molecule has 0 aromatic carbocycles. The molecular weight excluding hydrogens is 211 g/mol. The van der Waals surface area contributed by atoms with E-state index < -0.39 is 24.3 Å². The lowest BCUT2D eigenvalue weighted by Crippen LogP contribution is -2.33. The van der Waals surface area contributed by atoms with Crippen molar-refractivity contribution in [2.75, 3.05) is 6.54 Å². The lowest BCUT2D eigenvalue weighted by molar-refractivity contribution is -0.135. The summed E-state index contributed by atoms with van der Waals surface area (Å²) >= 11 is 0. The zero-order chi connectivity index (χ0) is 12.1.